The summed E-state index contributed by atoms with van der Waals surface area (Å²) >= 11 is 1.59. The van der Waals surface area contributed by atoms with Crippen molar-refractivity contribution in [3.63, 3.8) is 0 Å². The molecule has 0 bridgehead atoms. The van der Waals surface area contributed by atoms with Gasteiger partial charge in [-0.15, -0.1) is 11.8 Å². The minimum absolute atomic E-state index is 0.0302. The summed E-state index contributed by atoms with van der Waals surface area (Å²) in [6.07, 6.45) is 3.47. The van der Waals surface area contributed by atoms with Gasteiger partial charge < -0.3 is 10.1 Å². The molecule has 2 aromatic rings. The van der Waals surface area contributed by atoms with Gasteiger partial charge in [0.15, 0.2) is 0 Å². The molecule has 0 fully saturated rings. The first-order valence-corrected chi connectivity index (χ1v) is 8.34. The Morgan fingerprint density at radius 1 is 1.23 bits per heavy atom. The van der Waals surface area contributed by atoms with Crippen LogP contribution >= 0.6 is 11.8 Å². The molecule has 0 saturated carbocycles. The molecule has 4 nitrogen and oxygen atoms in total. The molecule has 116 valence electrons. The number of aromatic nitrogens is 1. The Labute approximate surface area is 135 Å². The molecule has 22 heavy (non-hydrogen) atoms. The fourth-order valence-electron chi connectivity index (χ4n) is 1.82. The summed E-state index contributed by atoms with van der Waals surface area (Å²) in [6, 6.07) is 13.5. The minimum atomic E-state index is -0.0588. The number of rotatable bonds is 8. The van der Waals surface area contributed by atoms with Crippen molar-refractivity contribution >= 4 is 17.7 Å². The van der Waals surface area contributed by atoms with E-state index in [-0.39, 0.29) is 12.0 Å². The fraction of sp³-hybridized carbons (Fsp3) is 0.294. The van der Waals surface area contributed by atoms with Gasteiger partial charge >= 0.3 is 0 Å². The predicted molar refractivity (Wildman–Crippen MR) is 89.9 cm³/mol. The molecule has 1 aromatic heterocycles. The highest BCUT2D eigenvalue weighted by molar-refractivity contribution is 7.99. The van der Waals surface area contributed by atoms with Crippen molar-refractivity contribution in [2.45, 2.75) is 18.8 Å². The Kier molecular flexibility index (Phi) is 6.77. The number of nitrogens with one attached hydrogen (secondary N) is 1. The smallest absolute Gasteiger partial charge is 0.230 e. The van der Waals surface area contributed by atoms with Crippen LogP contribution in [-0.2, 0) is 10.5 Å². The third-order valence-electron chi connectivity index (χ3n) is 2.92. The standard InChI is InChI=1S/C17H20N2O2S/c1-14(21-16-5-3-2-4-6-16)11-19-17(20)13-22-12-15-7-9-18-10-8-15/h2-10,14H,11-13H2,1H3,(H,19,20)/t14-/m0/s1. The Morgan fingerprint density at radius 3 is 2.68 bits per heavy atom. The van der Waals surface area contributed by atoms with Gasteiger partial charge in [0.1, 0.15) is 11.9 Å². The van der Waals surface area contributed by atoms with Crippen LogP contribution in [0.3, 0.4) is 0 Å². The van der Waals surface area contributed by atoms with E-state index in [2.05, 4.69) is 10.3 Å². The van der Waals surface area contributed by atoms with E-state index in [1.807, 2.05) is 49.4 Å². The first kappa shape index (κ1) is 16.4. The summed E-state index contributed by atoms with van der Waals surface area (Å²) in [7, 11) is 0. The van der Waals surface area contributed by atoms with Gasteiger partial charge in [-0.1, -0.05) is 18.2 Å². The van der Waals surface area contributed by atoms with E-state index in [1.54, 1.807) is 24.2 Å². The van der Waals surface area contributed by atoms with Crippen LogP contribution in [0.1, 0.15) is 12.5 Å². The Hall–Kier alpha value is -2.01. The number of benzene rings is 1. The van der Waals surface area contributed by atoms with Crippen LogP contribution in [0.25, 0.3) is 0 Å². The molecular formula is C17H20N2O2S. The van der Waals surface area contributed by atoms with Crippen LogP contribution in [-0.4, -0.2) is 29.3 Å². The quantitative estimate of drug-likeness (QED) is 0.813. The lowest BCUT2D eigenvalue weighted by atomic mass is 10.3. The average molecular weight is 316 g/mol. The van der Waals surface area contributed by atoms with Gasteiger partial charge in [0, 0.05) is 18.1 Å². The van der Waals surface area contributed by atoms with Gasteiger partial charge in [0.2, 0.25) is 5.91 Å². The molecule has 0 aliphatic heterocycles. The van der Waals surface area contributed by atoms with E-state index in [9.17, 15) is 4.79 Å². The maximum atomic E-state index is 11.8. The van der Waals surface area contributed by atoms with Crippen molar-refractivity contribution in [1.82, 2.24) is 10.3 Å². The Bertz CT molecular complexity index is 563. The van der Waals surface area contributed by atoms with Crippen molar-refractivity contribution in [2.24, 2.45) is 0 Å². The molecule has 1 atom stereocenters. The number of hydrogen-bond acceptors (Lipinski definition) is 4. The first-order valence-electron chi connectivity index (χ1n) is 7.19. The summed E-state index contributed by atoms with van der Waals surface area (Å²) in [5.74, 6) is 2.10. The van der Waals surface area contributed by atoms with Gasteiger partial charge in [-0.3, -0.25) is 9.78 Å². The van der Waals surface area contributed by atoms with E-state index in [1.165, 1.54) is 5.56 Å². The Balaban J connectivity index is 1.61. The van der Waals surface area contributed by atoms with Gasteiger partial charge in [-0.05, 0) is 36.8 Å². The Morgan fingerprint density at radius 2 is 1.95 bits per heavy atom. The zero-order valence-electron chi connectivity index (χ0n) is 12.6. The van der Waals surface area contributed by atoms with Crippen LogP contribution in [0.4, 0.5) is 0 Å². The molecule has 1 heterocycles. The van der Waals surface area contributed by atoms with E-state index in [0.29, 0.717) is 12.3 Å². The summed E-state index contributed by atoms with van der Waals surface area (Å²) in [5.41, 5.74) is 1.17. The number of thioether (sulfide) groups is 1. The number of carbonyl (C=O) groups excluding carboxylic acids is 1. The third kappa shape index (κ3) is 6.18. The van der Waals surface area contributed by atoms with Gasteiger partial charge in [-0.25, -0.2) is 0 Å². The van der Waals surface area contributed by atoms with Crippen LogP contribution in [0.2, 0.25) is 0 Å². The molecule has 0 saturated heterocycles. The van der Waals surface area contributed by atoms with Crippen LogP contribution < -0.4 is 10.1 Å². The van der Waals surface area contributed by atoms with Crippen LogP contribution in [0.15, 0.2) is 54.9 Å². The molecular weight excluding hydrogens is 296 g/mol. The zero-order valence-corrected chi connectivity index (χ0v) is 13.4. The molecule has 5 heteroatoms. The molecule has 1 amide bonds. The van der Waals surface area contributed by atoms with E-state index < -0.39 is 0 Å². The minimum Gasteiger partial charge on any atom is -0.489 e. The topological polar surface area (TPSA) is 51.2 Å². The molecule has 0 radical (unpaired) electrons. The molecule has 0 spiro atoms. The number of amides is 1. The number of carbonyl (C=O) groups is 1. The number of para-hydroxylation sites is 1. The highest BCUT2D eigenvalue weighted by atomic mass is 32.2. The third-order valence-corrected chi connectivity index (χ3v) is 3.92. The SMILES string of the molecule is C[C@@H](CNC(=O)CSCc1ccncc1)Oc1ccccc1. The summed E-state index contributed by atoms with van der Waals surface area (Å²) in [5, 5.41) is 2.89. The molecule has 2 rings (SSSR count). The highest BCUT2D eigenvalue weighted by Gasteiger charge is 2.07. The number of nitrogens with zero attached hydrogens (tertiary/aromatic N) is 1. The van der Waals surface area contributed by atoms with E-state index in [4.69, 9.17) is 4.74 Å². The zero-order chi connectivity index (χ0) is 15.6. The number of ether oxygens (including phenoxy) is 1. The maximum absolute atomic E-state index is 11.8. The van der Waals surface area contributed by atoms with E-state index in [0.717, 1.165) is 11.5 Å². The summed E-state index contributed by atoms with van der Waals surface area (Å²) < 4.78 is 5.71. The summed E-state index contributed by atoms with van der Waals surface area (Å²) in [4.78, 5) is 15.8. The van der Waals surface area contributed by atoms with Crippen molar-refractivity contribution < 1.29 is 9.53 Å². The first-order chi connectivity index (χ1) is 10.7. The molecule has 0 aliphatic carbocycles. The van der Waals surface area contributed by atoms with Crippen molar-refractivity contribution in [3.8, 4) is 5.75 Å². The summed E-state index contributed by atoms with van der Waals surface area (Å²) in [6.45, 7) is 2.45. The van der Waals surface area contributed by atoms with E-state index >= 15 is 0 Å². The highest BCUT2D eigenvalue weighted by Crippen LogP contribution is 2.11. The van der Waals surface area contributed by atoms with Gasteiger partial charge in [0.25, 0.3) is 0 Å². The number of hydrogen-bond donors (Lipinski definition) is 1. The second-order valence-corrected chi connectivity index (χ2v) is 5.88. The van der Waals surface area contributed by atoms with Crippen LogP contribution in [0, 0.1) is 0 Å². The molecule has 1 aromatic carbocycles. The molecule has 0 unspecified atom stereocenters. The average Bonchev–Trinajstić information content (AvgIpc) is 2.55. The lowest BCUT2D eigenvalue weighted by Gasteiger charge is -2.15. The predicted octanol–water partition coefficient (Wildman–Crippen LogP) is 2.90. The maximum Gasteiger partial charge on any atom is 0.230 e. The second-order valence-electron chi connectivity index (χ2n) is 4.89. The fourth-order valence-corrected chi connectivity index (χ4v) is 2.64. The lowest BCUT2D eigenvalue weighted by Crippen LogP contribution is -2.34. The molecule has 1 N–H and O–H groups in total. The van der Waals surface area contributed by atoms with Gasteiger partial charge in [0.05, 0.1) is 12.3 Å². The van der Waals surface area contributed by atoms with Crippen molar-refractivity contribution in [2.75, 3.05) is 12.3 Å². The van der Waals surface area contributed by atoms with Crippen molar-refractivity contribution in [1.29, 1.82) is 0 Å². The monoisotopic (exact) mass is 316 g/mol. The largest absolute Gasteiger partial charge is 0.489 e. The molecule has 0 aliphatic rings. The van der Waals surface area contributed by atoms with Crippen molar-refractivity contribution in [3.05, 3.63) is 60.4 Å². The second kappa shape index (κ2) is 9.10. The normalized spacial score (nSPS) is 11.7. The lowest BCUT2D eigenvalue weighted by molar-refractivity contribution is -0.118. The van der Waals surface area contributed by atoms with Gasteiger partial charge in [-0.2, -0.15) is 0 Å². The van der Waals surface area contributed by atoms with Crippen LogP contribution in [0.5, 0.6) is 5.75 Å². The number of pyridine rings is 1.